The molecule has 1 aromatic rings. The molecule has 1 aromatic carbocycles. The van der Waals surface area contributed by atoms with E-state index in [2.05, 4.69) is 27.3 Å². The van der Waals surface area contributed by atoms with E-state index in [1.54, 1.807) is 0 Å². The van der Waals surface area contributed by atoms with Crippen LogP contribution in [-0.2, 0) is 4.79 Å². The fraction of sp³-hybridized carbons (Fsp3) is 0.385. The van der Waals surface area contributed by atoms with Crippen LogP contribution in [-0.4, -0.2) is 5.91 Å². The average Bonchev–Trinajstić information content (AvgIpc) is 2.84. The van der Waals surface area contributed by atoms with Crippen LogP contribution in [0.1, 0.15) is 25.7 Å². The van der Waals surface area contributed by atoms with Gasteiger partial charge >= 0.3 is 0 Å². The number of nitrogens with zero attached hydrogens (tertiary/aromatic N) is 1. The van der Waals surface area contributed by atoms with Gasteiger partial charge in [0.05, 0.1) is 11.8 Å². The largest absolute Gasteiger partial charge is 0.324 e. The molecule has 0 saturated heterocycles. The molecule has 1 fully saturated rings. The van der Waals surface area contributed by atoms with Crippen molar-refractivity contribution in [3.8, 4) is 6.07 Å². The summed E-state index contributed by atoms with van der Waals surface area (Å²) in [4.78, 5) is 12.2. The Bertz CT molecular complexity index is 518. The van der Waals surface area contributed by atoms with Crippen molar-refractivity contribution in [2.75, 3.05) is 5.32 Å². The van der Waals surface area contributed by atoms with E-state index in [0.717, 1.165) is 12.8 Å². The summed E-state index contributed by atoms with van der Waals surface area (Å²) in [5.41, 5.74) is -0.590. The van der Waals surface area contributed by atoms with E-state index in [1.165, 1.54) is 18.2 Å². The number of benzene rings is 1. The minimum Gasteiger partial charge on any atom is -0.324 e. The van der Waals surface area contributed by atoms with E-state index >= 15 is 0 Å². The number of anilines is 1. The van der Waals surface area contributed by atoms with E-state index in [0.29, 0.717) is 23.0 Å². The van der Waals surface area contributed by atoms with Crippen LogP contribution in [0.2, 0.25) is 0 Å². The highest BCUT2D eigenvalue weighted by atomic mass is 79.9. The molecule has 0 heterocycles. The first kappa shape index (κ1) is 13.0. The minimum absolute atomic E-state index is 0.339. The summed E-state index contributed by atoms with van der Waals surface area (Å²) in [6, 6.07) is 6.18. The predicted molar refractivity (Wildman–Crippen MR) is 69.2 cm³/mol. The summed E-state index contributed by atoms with van der Waals surface area (Å²) in [7, 11) is 0. The monoisotopic (exact) mass is 310 g/mol. The zero-order valence-electron chi connectivity index (χ0n) is 9.67. The van der Waals surface area contributed by atoms with E-state index in [1.807, 2.05) is 0 Å². The first-order valence-corrected chi connectivity index (χ1v) is 6.54. The zero-order chi connectivity index (χ0) is 13.2. The Morgan fingerprint density at radius 3 is 2.72 bits per heavy atom. The van der Waals surface area contributed by atoms with Gasteiger partial charge in [-0.1, -0.05) is 12.8 Å². The smallest absolute Gasteiger partial charge is 0.244 e. The maximum absolute atomic E-state index is 13.1. The number of carbonyl (C=O) groups is 1. The molecular formula is C13H12BrFN2O. The molecule has 0 aromatic heterocycles. The molecule has 0 spiro atoms. The summed E-state index contributed by atoms with van der Waals surface area (Å²) in [6.07, 6.45) is 2.90. The van der Waals surface area contributed by atoms with Crippen molar-refractivity contribution >= 4 is 27.5 Å². The van der Waals surface area contributed by atoms with Crippen molar-refractivity contribution < 1.29 is 9.18 Å². The van der Waals surface area contributed by atoms with Gasteiger partial charge in [-0.3, -0.25) is 4.79 Å². The van der Waals surface area contributed by atoms with Crippen LogP contribution < -0.4 is 5.32 Å². The summed E-state index contributed by atoms with van der Waals surface area (Å²) >= 11 is 3.24. The second-order valence-electron chi connectivity index (χ2n) is 4.48. The highest BCUT2D eigenvalue weighted by Crippen LogP contribution is 2.39. The number of rotatable bonds is 2. The summed E-state index contributed by atoms with van der Waals surface area (Å²) in [6.45, 7) is 0. The Morgan fingerprint density at radius 1 is 1.44 bits per heavy atom. The van der Waals surface area contributed by atoms with Crippen molar-refractivity contribution in [3.05, 3.63) is 28.5 Å². The standard InChI is InChI=1S/C13H12BrFN2O/c14-10-4-3-9(15)7-11(10)17-12(18)13(8-16)5-1-2-6-13/h3-4,7H,1-2,5-6H2,(H,17,18). The Morgan fingerprint density at radius 2 is 2.11 bits per heavy atom. The topological polar surface area (TPSA) is 52.9 Å². The summed E-state index contributed by atoms with van der Waals surface area (Å²) in [5.74, 6) is -0.764. The first-order chi connectivity index (χ1) is 8.57. The fourth-order valence-corrected chi connectivity index (χ4v) is 2.55. The molecule has 94 valence electrons. The van der Waals surface area contributed by atoms with Gasteiger partial charge in [0.1, 0.15) is 11.2 Å². The van der Waals surface area contributed by atoms with Crippen molar-refractivity contribution in [1.29, 1.82) is 5.26 Å². The van der Waals surface area contributed by atoms with Crippen molar-refractivity contribution in [1.82, 2.24) is 0 Å². The van der Waals surface area contributed by atoms with Gasteiger partial charge in [-0.15, -0.1) is 0 Å². The third-order valence-electron chi connectivity index (χ3n) is 3.28. The molecule has 1 N–H and O–H groups in total. The average molecular weight is 311 g/mol. The van der Waals surface area contributed by atoms with E-state index < -0.39 is 11.2 Å². The number of nitriles is 1. The molecule has 3 nitrogen and oxygen atoms in total. The van der Waals surface area contributed by atoms with Crippen molar-refractivity contribution in [2.24, 2.45) is 5.41 Å². The maximum Gasteiger partial charge on any atom is 0.244 e. The molecule has 0 bridgehead atoms. The molecule has 0 unspecified atom stereocenters. The highest BCUT2D eigenvalue weighted by molar-refractivity contribution is 9.10. The molecule has 2 rings (SSSR count). The van der Waals surface area contributed by atoms with Crippen LogP contribution in [0.25, 0.3) is 0 Å². The molecular weight excluding hydrogens is 299 g/mol. The second-order valence-corrected chi connectivity index (χ2v) is 5.33. The number of halogens is 2. The van der Waals surface area contributed by atoms with Crippen LogP contribution in [0.15, 0.2) is 22.7 Å². The molecule has 18 heavy (non-hydrogen) atoms. The predicted octanol–water partition coefficient (Wildman–Crippen LogP) is 3.61. The fourth-order valence-electron chi connectivity index (χ4n) is 2.20. The van der Waals surface area contributed by atoms with E-state index in [4.69, 9.17) is 0 Å². The van der Waals surface area contributed by atoms with Crippen LogP contribution in [0.5, 0.6) is 0 Å². The van der Waals surface area contributed by atoms with Crippen molar-refractivity contribution in [3.63, 3.8) is 0 Å². The van der Waals surface area contributed by atoms with E-state index in [9.17, 15) is 14.4 Å². The minimum atomic E-state index is -0.953. The Hall–Kier alpha value is -1.41. The number of hydrogen-bond donors (Lipinski definition) is 1. The lowest BCUT2D eigenvalue weighted by Crippen LogP contribution is -2.32. The highest BCUT2D eigenvalue weighted by Gasteiger charge is 2.41. The van der Waals surface area contributed by atoms with Gasteiger partial charge in [0, 0.05) is 4.47 Å². The number of hydrogen-bond acceptors (Lipinski definition) is 2. The lowest BCUT2D eigenvalue weighted by Gasteiger charge is -2.19. The molecule has 1 saturated carbocycles. The molecule has 1 aliphatic rings. The maximum atomic E-state index is 13.1. The molecule has 0 atom stereocenters. The van der Waals surface area contributed by atoms with Gasteiger partial charge in [-0.25, -0.2) is 4.39 Å². The number of amides is 1. The molecule has 1 aliphatic carbocycles. The van der Waals surface area contributed by atoms with E-state index in [-0.39, 0.29) is 5.91 Å². The van der Waals surface area contributed by atoms with Gasteiger partial charge < -0.3 is 5.32 Å². The Kier molecular flexibility index (Phi) is 3.67. The summed E-state index contributed by atoms with van der Waals surface area (Å²) < 4.78 is 13.7. The molecule has 0 radical (unpaired) electrons. The van der Waals surface area contributed by atoms with Gasteiger partial charge in [-0.05, 0) is 47.0 Å². The van der Waals surface area contributed by atoms with Gasteiger partial charge in [-0.2, -0.15) is 5.26 Å². The molecule has 5 heteroatoms. The Balaban J connectivity index is 2.21. The normalized spacial score (nSPS) is 17.2. The van der Waals surface area contributed by atoms with Gasteiger partial charge in [0.2, 0.25) is 5.91 Å². The SMILES string of the molecule is N#CC1(C(=O)Nc2cc(F)ccc2Br)CCCC1. The lowest BCUT2D eigenvalue weighted by molar-refractivity contribution is -0.122. The third-order valence-corrected chi connectivity index (χ3v) is 3.97. The molecule has 1 amide bonds. The Labute approximate surface area is 113 Å². The van der Waals surface area contributed by atoms with Crippen LogP contribution in [0.3, 0.4) is 0 Å². The van der Waals surface area contributed by atoms with Crippen LogP contribution in [0, 0.1) is 22.6 Å². The van der Waals surface area contributed by atoms with Crippen LogP contribution in [0.4, 0.5) is 10.1 Å². The van der Waals surface area contributed by atoms with Gasteiger partial charge in [0.15, 0.2) is 0 Å². The second kappa shape index (κ2) is 5.07. The first-order valence-electron chi connectivity index (χ1n) is 5.75. The quantitative estimate of drug-likeness (QED) is 0.907. The van der Waals surface area contributed by atoms with Crippen LogP contribution >= 0.6 is 15.9 Å². The van der Waals surface area contributed by atoms with Gasteiger partial charge in [0.25, 0.3) is 0 Å². The third kappa shape index (κ3) is 2.39. The van der Waals surface area contributed by atoms with Crippen molar-refractivity contribution in [2.45, 2.75) is 25.7 Å². The lowest BCUT2D eigenvalue weighted by atomic mass is 9.87. The zero-order valence-corrected chi connectivity index (χ0v) is 11.3. The molecule has 0 aliphatic heterocycles. The summed E-state index contributed by atoms with van der Waals surface area (Å²) in [5, 5.41) is 11.8. The number of carbonyl (C=O) groups excluding carboxylic acids is 1. The number of nitrogens with one attached hydrogen (secondary N) is 1.